The van der Waals surface area contributed by atoms with Gasteiger partial charge in [-0.15, -0.1) is 0 Å². The molecule has 0 aliphatic carbocycles. The Balaban J connectivity index is 2.13. The van der Waals surface area contributed by atoms with Crippen molar-refractivity contribution in [1.82, 2.24) is 4.98 Å². The Bertz CT molecular complexity index is 647. The Labute approximate surface area is 105 Å². The van der Waals surface area contributed by atoms with Gasteiger partial charge in [-0.25, -0.2) is 4.98 Å². The number of hydrogen-bond acceptors (Lipinski definition) is 3. The summed E-state index contributed by atoms with van der Waals surface area (Å²) in [5, 5.41) is 0. The average molecular weight is 239 g/mol. The molecule has 18 heavy (non-hydrogen) atoms. The van der Waals surface area contributed by atoms with E-state index in [2.05, 4.69) is 4.98 Å². The molecule has 1 aliphatic heterocycles. The summed E-state index contributed by atoms with van der Waals surface area (Å²) in [5.74, 6) is 1.59. The number of Topliss-reactive ketones (excluding diaryl/α,β-unsaturated/α-hetero) is 1. The van der Waals surface area contributed by atoms with Crippen LogP contribution in [0.25, 0.3) is 0 Å². The van der Waals surface area contributed by atoms with E-state index < -0.39 is 0 Å². The SMILES string of the molecule is CC(=O)c1cc(C)c2c(c1)Cc1cccnc1O2. The van der Waals surface area contributed by atoms with Gasteiger partial charge in [0.15, 0.2) is 5.78 Å². The van der Waals surface area contributed by atoms with Crippen molar-refractivity contribution in [3.63, 3.8) is 0 Å². The Hall–Kier alpha value is -2.16. The molecule has 90 valence electrons. The molecule has 0 saturated carbocycles. The van der Waals surface area contributed by atoms with Crippen molar-refractivity contribution in [1.29, 1.82) is 0 Å². The van der Waals surface area contributed by atoms with E-state index in [-0.39, 0.29) is 5.78 Å². The number of hydrogen-bond donors (Lipinski definition) is 0. The van der Waals surface area contributed by atoms with Crippen molar-refractivity contribution in [2.75, 3.05) is 0 Å². The fourth-order valence-electron chi connectivity index (χ4n) is 2.28. The van der Waals surface area contributed by atoms with Gasteiger partial charge in [-0.1, -0.05) is 6.07 Å². The largest absolute Gasteiger partial charge is 0.438 e. The molecule has 2 heterocycles. The molecule has 2 aromatic rings. The van der Waals surface area contributed by atoms with Gasteiger partial charge in [-0.2, -0.15) is 0 Å². The van der Waals surface area contributed by atoms with E-state index in [4.69, 9.17) is 4.74 Å². The van der Waals surface area contributed by atoms with E-state index in [1.54, 1.807) is 13.1 Å². The van der Waals surface area contributed by atoms with Gasteiger partial charge in [0.2, 0.25) is 5.88 Å². The predicted molar refractivity (Wildman–Crippen MR) is 68.3 cm³/mol. The number of ether oxygens (including phenoxy) is 1. The number of rotatable bonds is 1. The van der Waals surface area contributed by atoms with Gasteiger partial charge in [0.05, 0.1) is 0 Å². The number of aryl methyl sites for hydroxylation is 1. The molecule has 0 saturated heterocycles. The standard InChI is InChI=1S/C15H13NO2/c1-9-6-12(10(2)17)8-13-7-11-4-3-5-16-15(11)18-14(9)13/h3-6,8H,7H2,1-2H3. The zero-order valence-corrected chi connectivity index (χ0v) is 10.4. The molecule has 1 aliphatic rings. The van der Waals surface area contributed by atoms with Crippen LogP contribution in [0, 0.1) is 6.92 Å². The summed E-state index contributed by atoms with van der Waals surface area (Å²) in [6.07, 6.45) is 2.49. The lowest BCUT2D eigenvalue weighted by atomic mass is 9.96. The number of aromatic nitrogens is 1. The van der Waals surface area contributed by atoms with Crippen LogP contribution in [0.3, 0.4) is 0 Å². The normalized spacial score (nSPS) is 12.3. The van der Waals surface area contributed by atoms with Gasteiger partial charge in [0.25, 0.3) is 0 Å². The second kappa shape index (κ2) is 3.95. The van der Waals surface area contributed by atoms with Crippen molar-refractivity contribution in [2.45, 2.75) is 20.3 Å². The highest BCUT2D eigenvalue weighted by atomic mass is 16.5. The molecular weight excluding hydrogens is 226 g/mol. The van der Waals surface area contributed by atoms with E-state index >= 15 is 0 Å². The number of carbonyl (C=O) groups excluding carboxylic acids is 1. The van der Waals surface area contributed by atoms with Crippen LogP contribution in [0.1, 0.15) is 34.0 Å². The Kier molecular flexibility index (Phi) is 2.40. The maximum atomic E-state index is 11.5. The molecule has 0 unspecified atom stereocenters. The highest BCUT2D eigenvalue weighted by Gasteiger charge is 2.20. The van der Waals surface area contributed by atoms with Gasteiger partial charge in [0.1, 0.15) is 5.75 Å². The third-order valence-electron chi connectivity index (χ3n) is 3.19. The number of carbonyl (C=O) groups is 1. The molecule has 0 N–H and O–H groups in total. The van der Waals surface area contributed by atoms with E-state index in [9.17, 15) is 4.79 Å². The maximum Gasteiger partial charge on any atom is 0.222 e. The molecule has 1 aromatic heterocycles. The lowest BCUT2D eigenvalue weighted by Gasteiger charge is -2.21. The van der Waals surface area contributed by atoms with Crippen LogP contribution in [0.15, 0.2) is 30.5 Å². The van der Waals surface area contributed by atoms with Crippen LogP contribution in [0.2, 0.25) is 0 Å². The third-order valence-corrected chi connectivity index (χ3v) is 3.19. The minimum Gasteiger partial charge on any atom is -0.438 e. The molecule has 0 amide bonds. The first-order valence-electron chi connectivity index (χ1n) is 5.91. The monoisotopic (exact) mass is 239 g/mol. The highest BCUT2D eigenvalue weighted by molar-refractivity contribution is 5.94. The average Bonchev–Trinajstić information content (AvgIpc) is 2.36. The van der Waals surface area contributed by atoms with E-state index in [0.717, 1.165) is 34.4 Å². The van der Waals surface area contributed by atoms with Gasteiger partial charge >= 0.3 is 0 Å². The summed E-state index contributed by atoms with van der Waals surface area (Å²) >= 11 is 0. The lowest BCUT2D eigenvalue weighted by Crippen LogP contribution is -2.07. The predicted octanol–water partition coefficient (Wildman–Crippen LogP) is 3.29. The summed E-state index contributed by atoms with van der Waals surface area (Å²) in [6, 6.07) is 7.69. The molecule has 3 nitrogen and oxygen atoms in total. The molecule has 0 atom stereocenters. The Morgan fingerprint density at radius 1 is 1.33 bits per heavy atom. The Morgan fingerprint density at radius 2 is 2.17 bits per heavy atom. The van der Waals surface area contributed by atoms with Gasteiger partial charge in [-0.05, 0) is 37.6 Å². The van der Waals surface area contributed by atoms with Gasteiger partial charge < -0.3 is 4.74 Å². The summed E-state index contributed by atoms with van der Waals surface area (Å²) in [5.41, 5.74) is 3.84. The van der Waals surface area contributed by atoms with E-state index in [1.165, 1.54) is 0 Å². The molecule has 3 rings (SSSR count). The molecule has 0 radical (unpaired) electrons. The van der Waals surface area contributed by atoms with E-state index in [0.29, 0.717) is 5.88 Å². The van der Waals surface area contributed by atoms with Gasteiger partial charge in [-0.3, -0.25) is 4.79 Å². The van der Waals surface area contributed by atoms with Crippen molar-refractivity contribution in [2.24, 2.45) is 0 Å². The van der Waals surface area contributed by atoms with Crippen LogP contribution in [-0.2, 0) is 6.42 Å². The molecule has 0 bridgehead atoms. The zero-order chi connectivity index (χ0) is 12.7. The zero-order valence-electron chi connectivity index (χ0n) is 10.4. The van der Waals surface area contributed by atoms with Crippen LogP contribution in [-0.4, -0.2) is 10.8 Å². The minimum absolute atomic E-state index is 0.0814. The van der Waals surface area contributed by atoms with Crippen LogP contribution >= 0.6 is 0 Å². The smallest absolute Gasteiger partial charge is 0.222 e. The quantitative estimate of drug-likeness (QED) is 0.612. The van der Waals surface area contributed by atoms with Crippen molar-refractivity contribution < 1.29 is 9.53 Å². The number of ketones is 1. The first-order valence-corrected chi connectivity index (χ1v) is 5.91. The maximum absolute atomic E-state index is 11.5. The molecule has 0 fully saturated rings. The third kappa shape index (κ3) is 1.68. The fraction of sp³-hybridized carbons (Fsp3) is 0.200. The number of pyridine rings is 1. The minimum atomic E-state index is 0.0814. The molecular formula is C15H13NO2. The lowest BCUT2D eigenvalue weighted by molar-refractivity contribution is 0.101. The highest BCUT2D eigenvalue weighted by Crippen LogP contribution is 2.37. The van der Waals surface area contributed by atoms with Crippen LogP contribution in [0.5, 0.6) is 11.6 Å². The second-order valence-electron chi connectivity index (χ2n) is 4.58. The van der Waals surface area contributed by atoms with Crippen molar-refractivity contribution in [3.05, 3.63) is 52.7 Å². The van der Waals surface area contributed by atoms with E-state index in [1.807, 2.05) is 31.2 Å². The summed E-state index contributed by atoms with van der Waals surface area (Å²) in [6.45, 7) is 3.54. The number of nitrogens with zero attached hydrogens (tertiary/aromatic N) is 1. The first-order chi connectivity index (χ1) is 8.65. The number of fused-ring (bicyclic) bond motifs is 2. The molecule has 3 heteroatoms. The molecule has 1 aromatic carbocycles. The topological polar surface area (TPSA) is 39.2 Å². The summed E-state index contributed by atoms with van der Waals surface area (Å²) in [4.78, 5) is 15.7. The summed E-state index contributed by atoms with van der Waals surface area (Å²) < 4.78 is 5.82. The fourth-order valence-corrected chi connectivity index (χ4v) is 2.28. The summed E-state index contributed by atoms with van der Waals surface area (Å²) in [7, 11) is 0. The molecule has 0 spiro atoms. The van der Waals surface area contributed by atoms with Crippen molar-refractivity contribution >= 4 is 5.78 Å². The van der Waals surface area contributed by atoms with Gasteiger partial charge in [0, 0.05) is 29.3 Å². The second-order valence-corrected chi connectivity index (χ2v) is 4.58. The first kappa shape index (κ1) is 11.0. The number of benzene rings is 1. The Morgan fingerprint density at radius 3 is 2.94 bits per heavy atom. The van der Waals surface area contributed by atoms with Crippen molar-refractivity contribution in [3.8, 4) is 11.6 Å². The van der Waals surface area contributed by atoms with Crippen LogP contribution < -0.4 is 4.74 Å². The van der Waals surface area contributed by atoms with Crippen LogP contribution in [0.4, 0.5) is 0 Å².